The molecule has 0 aromatic rings. The van der Waals surface area contributed by atoms with Crippen LogP contribution in [0.25, 0.3) is 0 Å². The van der Waals surface area contributed by atoms with Crippen molar-refractivity contribution in [1.82, 2.24) is 9.80 Å². The largest absolute Gasteiger partial charge is 0.342 e. The molecule has 1 aliphatic heterocycles. The van der Waals surface area contributed by atoms with E-state index in [0.717, 1.165) is 19.4 Å². The Labute approximate surface area is 139 Å². The second kappa shape index (κ2) is 8.33. The van der Waals surface area contributed by atoms with Crippen LogP contribution in [0.5, 0.6) is 0 Å². The fourth-order valence-corrected chi connectivity index (χ4v) is 3.43. The van der Waals surface area contributed by atoms with Crippen LogP contribution >= 0.6 is 0 Å². The molecule has 5 nitrogen and oxygen atoms in total. The van der Waals surface area contributed by atoms with Gasteiger partial charge in [-0.25, -0.2) is 0 Å². The molecule has 0 N–H and O–H groups in total. The van der Waals surface area contributed by atoms with Crippen LogP contribution in [-0.4, -0.2) is 47.8 Å². The standard InChI is InChI=1S/C18H29N3O2/c1-14(2)17(22)20-11-7-16(8-12-20)18(23)21(10-4-9-19)13-15-5-3-6-15/h14-16H,3-8,10-13H2,1-2H3. The molecule has 1 saturated heterocycles. The summed E-state index contributed by atoms with van der Waals surface area (Å²) in [4.78, 5) is 28.6. The van der Waals surface area contributed by atoms with Gasteiger partial charge in [0, 0.05) is 38.0 Å². The molecule has 1 saturated carbocycles. The van der Waals surface area contributed by atoms with Crippen molar-refractivity contribution in [3.05, 3.63) is 0 Å². The van der Waals surface area contributed by atoms with E-state index in [4.69, 9.17) is 5.26 Å². The van der Waals surface area contributed by atoms with Crippen LogP contribution in [0.15, 0.2) is 0 Å². The second-order valence-electron chi connectivity index (χ2n) is 7.24. The van der Waals surface area contributed by atoms with Gasteiger partial charge in [0.05, 0.1) is 12.5 Å². The minimum Gasteiger partial charge on any atom is -0.342 e. The van der Waals surface area contributed by atoms with E-state index < -0.39 is 0 Å². The van der Waals surface area contributed by atoms with E-state index in [1.165, 1.54) is 19.3 Å². The Morgan fingerprint density at radius 1 is 1.22 bits per heavy atom. The van der Waals surface area contributed by atoms with Crippen LogP contribution in [0.2, 0.25) is 0 Å². The average molecular weight is 319 g/mol. The maximum atomic E-state index is 12.8. The molecule has 2 rings (SSSR count). The molecule has 0 aromatic heterocycles. The molecule has 0 aromatic carbocycles. The number of piperidine rings is 1. The third kappa shape index (κ3) is 4.70. The predicted molar refractivity (Wildman–Crippen MR) is 88.3 cm³/mol. The Balaban J connectivity index is 1.87. The highest BCUT2D eigenvalue weighted by Gasteiger charge is 2.32. The Bertz CT molecular complexity index is 457. The van der Waals surface area contributed by atoms with Gasteiger partial charge in [-0.1, -0.05) is 20.3 Å². The van der Waals surface area contributed by atoms with Crippen molar-refractivity contribution in [2.24, 2.45) is 17.8 Å². The molecule has 5 heteroatoms. The van der Waals surface area contributed by atoms with Gasteiger partial charge >= 0.3 is 0 Å². The van der Waals surface area contributed by atoms with Crippen LogP contribution in [-0.2, 0) is 9.59 Å². The van der Waals surface area contributed by atoms with E-state index in [0.29, 0.717) is 32.0 Å². The summed E-state index contributed by atoms with van der Waals surface area (Å²) in [5.74, 6) is 1.05. The first-order valence-corrected chi connectivity index (χ1v) is 8.97. The number of likely N-dealkylation sites (tertiary alicyclic amines) is 1. The summed E-state index contributed by atoms with van der Waals surface area (Å²) in [7, 11) is 0. The first kappa shape index (κ1) is 17.8. The van der Waals surface area contributed by atoms with Gasteiger partial charge in [0.15, 0.2) is 0 Å². The Morgan fingerprint density at radius 3 is 2.35 bits per heavy atom. The van der Waals surface area contributed by atoms with Crippen molar-refractivity contribution in [2.45, 2.75) is 52.4 Å². The van der Waals surface area contributed by atoms with Gasteiger partial charge in [-0.05, 0) is 31.6 Å². The van der Waals surface area contributed by atoms with Gasteiger partial charge in [0.25, 0.3) is 0 Å². The molecule has 23 heavy (non-hydrogen) atoms. The minimum absolute atomic E-state index is 0.0185. The third-order valence-electron chi connectivity index (χ3n) is 5.16. The molecule has 0 bridgehead atoms. The monoisotopic (exact) mass is 319 g/mol. The van der Waals surface area contributed by atoms with Crippen LogP contribution in [0.3, 0.4) is 0 Å². The number of amides is 2. The minimum atomic E-state index is 0.0185. The number of rotatable bonds is 6. The van der Waals surface area contributed by atoms with Gasteiger partial charge in [-0.15, -0.1) is 0 Å². The fraction of sp³-hybridized carbons (Fsp3) is 0.833. The highest BCUT2D eigenvalue weighted by atomic mass is 16.2. The van der Waals surface area contributed by atoms with E-state index in [9.17, 15) is 9.59 Å². The van der Waals surface area contributed by atoms with Gasteiger partial charge in [0.2, 0.25) is 11.8 Å². The summed E-state index contributed by atoms with van der Waals surface area (Å²) >= 11 is 0. The lowest BCUT2D eigenvalue weighted by Gasteiger charge is -2.37. The topological polar surface area (TPSA) is 64.4 Å². The summed E-state index contributed by atoms with van der Waals surface area (Å²) in [6, 6.07) is 2.15. The van der Waals surface area contributed by atoms with Crippen molar-refractivity contribution in [2.75, 3.05) is 26.2 Å². The van der Waals surface area contributed by atoms with Crippen LogP contribution in [0, 0.1) is 29.1 Å². The van der Waals surface area contributed by atoms with E-state index in [1.807, 2.05) is 23.6 Å². The molecule has 0 unspecified atom stereocenters. The summed E-state index contributed by atoms with van der Waals surface area (Å²) < 4.78 is 0. The van der Waals surface area contributed by atoms with Crippen molar-refractivity contribution < 1.29 is 9.59 Å². The van der Waals surface area contributed by atoms with Crippen molar-refractivity contribution in [1.29, 1.82) is 5.26 Å². The molecule has 2 fully saturated rings. The number of nitrogens with zero attached hydrogens (tertiary/aromatic N) is 3. The van der Waals surface area contributed by atoms with E-state index >= 15 is 0 Å². The molecule has 1 heterocycles. The molecule has 0 radical (unpaired) electrons. The van der Waals surface area contributed by atoms with Crippen LogP contribution in [0.4, 0.5) is 0 Å². The SMILES string of the molecule is CC(C)C(=O)N1CCC(C(=O)N(CCC#N)CC2CCC2)CC1. The molecule has 128 valence electrons. The van der Waals surface area contributed by atoms with Crippen LogP contribution in [0.1, 0.15) is 52.4 Å². The van der Waals surface area contributed by atoms with E-state index in [-0.39, 0.29) is 23.7 Å². The Kier molecular flexibility index (Phi) is 6.44. The van der Waals surface area contributed by atoms with E-state index in [1.54, 1.807) is 0 Å². The van der Waals surface area contributed by atoms with Gasteiger partial charge < -0.3 is 9.80 Å². The quantitative estimate of drug-likeness (QED) is 0.755. The number of hydrogen-bond acceptors (Lipinski definition) is 3. The summed E-state index contributed by atoms with van der Waals surface area (Å²) in [6.45, 7) is 6.57. The van der Waals surface area contributed by atoms with Crippen molar-refractivity contribution in [3.8, 4) is 6.07 Å². The van der Waals surface area contributed by atoms with Crippen molar-refractivity contribution >= 4 is 11.8 Å². The molecule has 0 spiro atoms. The lowest BCUT2D eigenvalue weighted by atomic mass is 9.84. The summed E-state index contributed by atoms with van der Waals surface area (Å²) in [5.41, 5.74) is 0. The first-order chi connectivity index (χ1) is 11.0. The maximum Gasteiger partial charge on any atom is 0.225 e. The molecule has 2 aliphatic rings. The fourth-order valence-electron chi connectivity index (χ4n) is 3.43. The molecular formula is C18H29N3O2. The lowest BCUT2D eigenvalue weighted by Crippen LogP contribution is -2.47. The normalized spacial score (nSPS) is 19.3. The van der Waals surface area contributed by atoms with Crippen LogP contribution < -0.4 is 0 Å². The zero-order valence-corrected chi connectivity index (χ0v) is 14.5. The number of carbonyl (C=O) groups excluding carboxylic acids is 2. The second-order valence-corrected chi connectivity index (χ2v) is 7.24. The first-order valence-electron chi connectivity index (χ1n) is 8.97. The predicted octanol–water partition coefficient (Wildman–Crippen LogP) is 2.42. The molecule has 1 aliphatic carbocycles. The molecule has 0 atom stereocenters. The molecule has 2 amide bonds. The Hall–Kier alpha value is -1.57. The zero-order valence-electron chi connectivity index (χ0n) is 14.5. The number of carbonyl (C=O) groups is 2. The maximum absolute atomic E-state index is 12.8. The zero-order chi connectivity index (χ0) is 16.8. The average Bonchev–Trinajstić information content (AvgIpc) is 2.52. The highest BCUT2D eigenvalue weighted by molar-refractivity contribution is 5.81. The number of nitriles is 1. The lowest BCUT2D eigenvalue weighted by molar-refractivity contribution is -0.142. The number of hydrogen-bond donors (Lipinski definition) is 0. The Morgan fingerprint density at radius 2 is 1.87 bits per heavy atom. The summed E-state index contributed by atoms with van der Waals surface area (Å²) in [5, 5.41) is 8.83. The molecular weight excluding hydrogens is 290 g/mol. The summed E-state index contributed by atoms with van der Waals surface area (Å²) in [6.07, 6.45) is 5.59. The van der Waals surface area contributed by atoms with Crippen molar-refractivity contribution in [3.63, 3.8) is 0 Å². The highest BCUT2D eigenvalue weighted by Crippen LogP contribution is 2.29. The third-order valence-corrected chi connectivity index (χ3v) is 5.16. The van der Waals surface area contributed by atoms with Gasteiger partial charge in [-0.3, -0.25) is 9.59 Å². The van der Waals surface area contributed by atoms with E-state index in [2.05, 4.69) is 6.07 Å². The van der Waals surface area contributed by atoms with Gasteiger partial charge in [0.1, 0.15) is 0 Å². The van der Waals surface area contributed by atoms with Gasteiger partial charge in [-0.2, -0.15) is 5.26 Å². The smallest absolute Gasteiger partial charge is 0.225 e.